The summed E-state index contributed by atoms with van der Waals surface area (Å²) in [6.45, 7) is 1.59. The molecule has 0 radical (unpaired) electrons. The van der Waals surface area contributed by atoms with Gasteiger partial charge in [0.1, 0.15) is 11.1 Å². The van der Waals surface area contributed by atoms with Crippen molar-refractivity contribution in [1.82, 2.24) is 9.97 Å². The van der Waals surface area contributed by atoms with Gasteiger partial charge in [-0.1, -0.05) is 11.6 Å². The number of hydrogen-bond donors (Lipinski definition) is 4. The molecule has 0 aliphatic rings. The molecule has 0 fully saturated rings. The first kappa shape index (κ1) is 11.5. The van der Waals surface area contributed by atoms with Gasteiger partial charge in [-0.05, 0) is 6.92 Å². The van der Waals surface area contributed by atoms with Crippen molar-refractivity contribution >= 4 is 29.3 Å². The molecule has 8 heteroatoms. The fraction of sp³-hybridized carbons (Fsp3) is 0.286. The van der Waals surface area contributed by atoms with E-state index in [4.69, 9.17) is 23.2 Å². The van der Waals surface area contributed by atoms with E-state index in [1.807, 2.05) is 0 Å². The van der Waals surface area contributed by atoms with Crippen molar-refractivity contribution in [3.63, 3.8) is 0 Å². The number of nitrogens with zero attached hydrogens (tertiary/aromatic N) is 2. The Balaban J connectivity index is 2.88. The van der Waals surface area contributed by atoms with Crippen molar-refractivity contribution in [2.24, 2.45) is 11.6 Å². The quantitative estimate of drug-likeness (QED) is 0.417. The molecule has 1 atom stereocenters. The number of nitrogens with two attached hydrogens (primary N) is 2. The number of aromatic nitrogens is 2. The van der Waals surface area contributed by atoms with Gasteiger partial charge in [-0.2, -0.15) is 4.98 Å². The second-order valence-electron chi connectivity index (χ2n) is 2.80. The van der Waals surface area contributed by atoms with Crippen LogP contribution in [0.2, 0.25) is 5.02 Å². The highest BCUT2D eigenvalue weighted by Crippen LogP contribution is 2.19. The van der Waals surface area contributed by atoms with Crippen molar-refractivity contribution in [2.75, 3.05) is 10.7 Å². The maximum absolute atomic E-state index is 10.8. The van der Waals surface area contributed by atoms with Gasteiger partial charge in [0.05, 0.1) is 6.20 Å². The third kappa shape index (κ3) is 2.93. The average Bonchev–Trinajstić information content (AvgIpc) is 2.21. The molecule has 1 rings (SSSR count). The van der Waals surface area contributed by atoms with E-state index in [2.05, 4.69) is 20.7 Å². The maximum atomic E-state index is 10.8. The van der Waals surface area contributed by atoms with E-state index in [1.165, 1.54) is 6.20 Å². The predicted octanol–water partition coefficient (Wildman–Crippen LogP) is -0.299. The standard InChI is InChI=1S/C7H11ClN6O/c1-3(5(9)15)12-6-4(8)2-11-7(13-6)14-10/h2-3H,10H2,1H3,(H2,9,15)(H2,11,12,13,14). The van der Waals surface area contributed by atoms with E-state index in [-0.39, 0.29) is 11.0 Å². The Morgan fingerprint density at radius 2 is 2.33 bits per heavy atom. The Hall–Kier alpha value is -1.60. The normalized spacial score (nSPS) is 11.9. The molecular weight excluding hydrogens is 220 g/mol. The summed E-state index contributed by atoms with van der Waals surface area (Å²) in [5, 5.41) is 3.01. The predicted molar refractivity (Wildman–Crippen MR) is 57.1 cm³/mol. The lowest BCUT2D eigenvalue weighted by molar-refractivity contribution is -0.118. The van der Waals surface area contributed by atoms with Crippen molar-refractivity contribution in [1.29, 1.82) is 0 Å². The lowest BCUT2D eigenvalue weighted by Gasteiger charge is -2.12. The van der Waals surface area contributed by atoms with Crippen LogP contribution in [0.5, 0.6) is 0 Å². The first-order valence-electron chi connectivity index (χ1n) is 4.09. The number of rotatable bonds is 4. The number of amides is 1. The van der Waals surface area contributed by atoms with Crippen LogP contribution in [0, 0.1) is 0 Å². The topological polar surface area (TPSA) is 119 Å². The largest absolute Gasteiger partial charge is 0.368 e. The fourth-order valence-electron chi connectivity index (χ4n) is 0.814. The minimum absolute atomic E-state index is 0.193. The summed E-state index contributed by atoms with van der Waals surface area (Å²) < 4.78 is 0. The summed E-state index contributed by atoms with van der Waals surface area (Å²) in [6, 6.07) is -0.581. The van der Waals surface area contributed by atoms with Gasteiger partial charge in [0, 0.05) is 0 Å². The third-order valence-corrected chi connectivity index (χ3v) is 1.93. The van der Waals surface area contributed by atoms with Crippen LogP contribution >= 0.6 is 11.6 Å². The van der Waals surface area contributed by atoms with E-state index in [0.29, 0.717) is 5.82 Å². The second-order valence-corrected chi connectivity index (χ2v) is 3.21. The highest BCUT2D eigenvalue weighted by molar-refractivity contribution is 6.32. The molecule has 0 aliphatic carbocycles. The number of halogens is 1. The van der Waals surface area contributed by atoms with E-state index in [9.17, 15) is 4.79 Å². The number of hydrazine groups is 1. The molecule has 15 heavy (non-hydrogen) atoms. The average molecular weight is 231 g/mol. The summed E-state index contributed by atoms with van der Waals surface area (Å²) >= 11 is 5.79. The van der Waals surface area contributed by atoms with Crippen LogP contribution in [0.1, 0.15) is 6.92 Å². The molecule has 0 aliphatic heterocycles. The minimum atomic E-state index is -0.581. The van der Waals surface area contributed by atoms with Crippen molar-refractivity contribution in [2.45, 2.75) is 13.0 Å². The van der Waals surface area contributed by atoms with E-state index >= 15 is 0 Å². The Labute approximate surface area is 91.2 Å². The molecule has 0 bridgehead atoms. The van der Waals surface area contributed by atoms with Gasteiger partial charge in [0.15, 0.2) is 5.82 Å². The molecule has 1 aromatic heterocycles. The van der Waals surface area contributed by atoms with Gasteiger partial charge in [-0.3, -0.25) is 10.2 Å². The van der Waals surface area contributed by atoms with Crippen molar-refractivity contribution < 1.29 is 4.79 Å². The first-order chi connectivity index (χ1) is 7.04. The summed E-state index contributed by atoms with van der Waals surface area (Å²) in [6.07, 6.45) is 1.36. The molecule has 1 heterocycles. The van der Waals surface area contributed by atoms with E-state index in [1.54, 1.807) is 6.92 Å². The SMILES string of the molecule is CC(Nc1nc(NN)ncc1Cl)C(N)=O. The molecule has 82 valence electrons. The van der Waals surface area contributed by atoms with Crippen LogP contribution < -0.4 is 22.3 Å². The zero-order valence-corrected chi connectivity index (χ0v) is 8.75. The minimum Gasteiger partial charge on any atom is -0.368 e. The summed E-state index contributed by atoms with van der Waals surface area (Å²) in [5.74, 6) is 5.10. The second kappa shape index (κ2) is 4.76. The zero-order valence-electron chi connectivity index (χ0n) is 7.99. The van der Waals surface area contributed by atoms with Crippen LogP contribution in [0.15, 0.2) is 6.20 Å². The van der Waals surface area contributed by atoms with E-state index < -0.39 is 11.9 Å². The zero-order chi connectivity index (χ0) is 11.4. The molecule has 0 spiro atoms. The first-order valence-corrected chi connectivity index (χ1v) is 4.47. The fourth-order valence-corrected chi connectivity index (χ4v) is 0.960. The Morgan fingerprint density at radius 3 is 2.87 bits per heavy atom. The van der Waals surface area contributed by atoms with Crippen LogP contribution in [0.25, 0.3) is 0 Å². The number of nitrogen functional groups attached to an aromatic ring is 1. The Morgan fingerprint density at radius 1 is 1.67 bits per heavy atom. The molecule has 1 amide bonds. The van der Waals surface area contributed by atoms with Crippen LogP contribution in [-0.2, 0) is 4.79 Å². The molecule has 6 N–H and O–H groups in total. The third-order valence-electron chi connectivity index (χ3n) is 1.65. The maximum Gasteiger partial charge on any atom is 0.239 e. The number of hydrogen-bond acceptors (Lipinski definition) is 6. The molecule has 7 nitrogen and oxygen atoms in total. The summed E-state index contributed by atoms with van der Waals surface area (Å²) in [4.78, 5) is 18.5. The monoisotopic (exact) mass is 230 g/mol. The molecule has 0 saturated carbocycles. The molecule has 0 saturated heterocycles. The number of nitrogens with one attached hydrogen (secondary N) is 2. The molecule has 1 unspecified atom stereocenters. The van der Waals surface area contributed by atoms with Gasteiger partial charge >= 0.3 is 0 Å². The van der Waals surface area contributed by atoms with Crippen molar-refractivity contribution in [3.05, 3.63) is 11.2 Å². The molecular formula is C7H11ClN6O. The van der Waals surface area contributed by atoms with Gasteiger partial charge in [-0.25, -0.2) is 10.8 Å². The van der Waals surface area contributed by atoms with Crippen LogP contribution in [0.3, 0.4) is 0 Å². The number of carbonyl (C=O) groups is 1. The van der Waals surface area contributed by atoms with Gasteiger partial charge < -0.3 is 11.1 Å². The molecule has 1 aromatic rings. The molecule has 0 aromatic carbocycles. The highest BCUT2D eigenvalue weighted by Gasteiger charge is 2.12. The highest BCUT2D eigenvalue weighted by atomic mass is 35.5. The van der Waals surface area contributed by atoms with Gasteiger partial charge in [0.25, 0.3) is 0 Å². The van der Waals surface area contributed by atoms with Gasteiger partial charge in [0.2, 0.25) is 11.9 Å². The number of carbonyl (C=O) groups excluding carboxylic acids is 1. The summed E-state index contributed by atoms with van der Waals surface area (Å²) in [7, 11) is 0. The Bertz CT molecular complexity index is 370. The van der Waals surface area contributed by atoms with E-state index in [0.717, 1.165) is 0 Å². The summed E-state index contributed by atoms with van der Waals surface area (Å²) in [5.41, 5.74) is 7.34. The van der Waals surface area contributed by atoms with Crippen LogP contribution in [0.4, 0.5) is 11.8 Å². The lowest BCUT2D eigenvalue weighted by atomic mass is 10.3. The van der Waals surface area contributed by atoms with Gasteiger partial charge in [-0.15, -0.1) is 0 Å². The van der Waals surface area contributed by atoms with Crippen molar-refractivity contribution in [3.8, 4) is 0 Å². The number of primary amides is 1. The van der Waals surface area contributed by atoms with Crippen LogP contribution in [-0.4, -0.2) is 21.9 Å². The smallest absolute Gasteiger partial charge is 0.239 e. The Kier molecular flexibility index (Phi) is 3.64. The number of anilines is 2. The lowest BCUT2D eigenvalue weighted by Crippen LogP contribution is -2.33.